The number of fused-ring (bicyclic) bond motifs is 1. The minimum Gasteiger partial charge on any atom is -0.342 e. The monoisotopic (exact) mass is 321 g/mol. The molecule has 2 saturated heterocycles. The van der Waals surface area contributed by atoms with Crippen LogP contribution in [-0.4, -0.2) is 53.7 Å². The lowest BCUT2D eigenvalue weighted by Gasteiger charge is -2.23. The summed E-state index contributed by atoms with van der Waals surface area (Å²) in [5.74, 6) is -0.337. The first kappa shape index (κ1) is 16.4. The molecule has 6 heteroatoms. The number of amides is 3. The SMILES string of the molecule is CC1(CN)CCN(C(=O)CCN2C(=O)C3CCCCC3C2=O)C1. The van der Waals surface area contributed by atoms with Crippen LogP contribution in [0.25, 0.3) is 0 Å². The van der Waals surface area contributed by atoms with E-state index < -0.39 is 0 Å². The third-order valence-electron chi connectivity index (χ3n) is 5.89. The van der Waals surface area contributed by atoms with Gasteiger partial charge in [-0.2, -0.15) is 0 Å². The number of carbonyl (C=O) groups excluding carboxylic acids is 3. The van der Waals surface area contributed by atoms with Crippen LogP contribution >= 0.6 is 0 Å². The van der Waals surface area contributed by atoms with Crippen LogP contribution < -0.4 is 5.73 Å². The van der Waals surface area contributed by atoms with Gasteiger partial charge in [0.05, 0.1) is 11.8 Å². The molecule has 0 aromatic heterocycles. The van der Waals surface area contributed by atoms with E-state index in [1.807, 2.05) is 4.90 Å². The van der Waals surface area contributed by atoms with Crippen molar-refractivity contribution in [3.05, 3.63) is 0 Å². The Morgan fingerprint density at radius 1 is 1.22 bits per heavy atom. The number of hydrogen-bond donors (Lipinski definition) is 1. The summed E-state index contributed by atoms with van der Waals surface area (Å²) < 4.78 is 0. The van der Waals surface area contributed by atoms with E-state index in [9.17, 15) is 14.4 Å². The highest BCUT2D eigenvalue weighted by molar-refractivity contribution is 6.05. The molecular formula is C17H27N3O3. The van der Waals surface area contributed by atoms with Gasteiger partial charge in [-0.3, -0.25) is 19.3 Å². The molecule has 6 nitrogen and oxygen atoms in total. The minimum absolute atomic E-state index is 0.00386. The van der Waals surface area contributed by atoms with Crippen LogP contribution in [0.5, 0.6) is 0 Å². The molecule has 3 rings (SSSR count). The summed E-state index contributed by atoms with van der Waals surface area (Å²) >= 11 is 0. The second-order valence-electron chi connectivity index (χ2n) is 7.66. The lowest BCUT2D eigenvalue weighted by Crippen LogP contribution is -2.38. The third kappa shape index (κ3) is 3.01. The summed E-state index contributed by atoms with van der Waals surface area (Å²) in [5.41, 5.74) is 5.78. The van der Waals surface area contributed by atoms with Gasteiger partial charge in [-0.15, -0.1) is 0 Å². The van der Waals surface area contributed by atoms with Gasteiger partial charge < -0.3 is 10.6 Å². The summed E-state index contributed by atoms with van der Waals surface area (Å²) in [6.07, 6.45) is 4.84. The van der Waals surface area contributed by atoms with Gasteiger partial charge in [-0.05, 0) is 31.2 Å². The zero-order chi connectivity index (χ0) is 16.6. The Labute approximate surface area is 137 Å². The van der Waals surface area contributed by atoms with Crippen molar-refractivity contribution in [3.63, 3.8) is 0 Å². The third-order valence-corrected chi connectivity index (χ3v) is 5.89. The summed E-state index contributed by atoms with van der Waals surface area (Å²) in [5, 5.41) is 0. The fourth-order valence-electron chi connectivity index (χ4n) is 4.22. The first-order chi connectivity index (χ1) is 10.9. The van der Waals surface area contributed by atoms with Crippen LogP contribution in [0.2, 0.25) is 0 Å². The first-order valence-corrected chi connectivity index (χ1v) is 8.78. The van der Waals surface area contributed by atoms with Crippen LogP contribution in [0.1, 0.15) is 45.4 Å². The maximum atomic E-state index is 12.4. The predicted molar refractivity (Wildman–Crippen MR) is 85.1 cm³/mol. The van der Waals surface area contributed by atoms with Crippen LogP contribution in [0.4, 0.5) is 0 Å². The van der Waals surface area contributed by atoms with Crippen molar-refractivity contribution in [2.45, 2.75) is 45.4 Å². The lowest BCUT2D eigenvalue weighted by molar-refractivity contribution is -0.140. The van der Waals surface area contributed by atoms with Crippen molar-refractivity contribution in [2.24, 2.45) is 23.0 Å². The van der Waals surface area contributed by atoms with Crippen molar-refractivity contribution < 1.29 is 14.4 Å². The first-order valence-electron chi connectivity index (χ1n) is 8.78. The van der Waals surface area contributed by atoms with Crippen LogP contribution in [0.3, 0.4) is 0 Å². The predicted octanol–water partition coefficient (Wildman–Crippen LogP) is 0.749. The van der Waals surface area contributed by atoms with Crippen molar-refractivity contribution in [1.29, 1.82) is 0 Å². The molecule has 0 bridgehead atoms. The Morgan fingerprint density at radius 3 is 2.35 bits per heavy atom. The Hall–Kier alpha value is -1.43. The van der Waals surface area contributed by atoms with Gasteiger partial charge in [-0.1, -0.05) is 19.8 Å². The fraction of sp³-hybridized carbons (Fsp3) is 0.824. The highest BCUT2D eigenvalue weighted by Crippen LogP contribution is 2.38. The molecule has 23 heavy (non-hydrogen) atoms. The Kier molecular flexibility index (Phi) is 4.45. The molecule has 3 fully saturated rings. The highest BCUT2D eigenvalue weighted by atomic mass is 16.2. The van der Waals surface area contributed by atoms with Crippen molar-refractivity contribution >= 4 is 17.7 Å². The lowest BCUT2D eigenvalue weighted by atomic mass is 9.81. The molecule has 3 aliphatic rings. The molecule has 128 valence electrons. The fourth-order valence-corrected chi connectivity index (χ4v) is 4.22. The van der Waals surface area contributed by atoms with Gasteiger partial charge in [0, 0.05) is 26.1 Å². The van der Waals surface area contributed by atoms with Gasteiger partial charge in [0.15, 0.2) is 0 Å². The van der Waals surface area contributed by atoms with E-state index in [1.54, 1.807) is 0 Å². The van der Waals surface area contributed by atoms with E-state index in [1.165, 1.54) is 4.90 Å². The van der Waals surface area contributed by atoms with Crippen LogP contribution in [-0.2, 0) is 14.4 Å². The summed E-state index contributed by atoms with van der Waals surface area (Å²) in [6, 6.07) is 0. The average molecular weight is 321 g/mol. The van der Waals surface area contributed by atoms with E-state index in [0.717, 1.165) is 38.6 Å². The molecular weight excluding hydrogens is 294 g/mol. The number of likely N-dealkylation sites (tertiary alicyclic amines) is 2. The summed E-state index contributed by atoms with van der Waals surface area (Å²) in [6.45, 7) is 4.30. The molecule has 2 N–H and O–H groups in total. The number of imide groups is 1. The molecule has 2 heterocycles. The zero-order valence-electron chi connectivity index (χ0n) is 13.9. The van der Waals surface area contributed by atoms with Gasteiger partial charge in [0.2, 0.25) is 17.7 Å². The zero-order valence-corrected chi connectivity index (χ0v) is 13.9. The molecule has 0 aromatic rings. The second-order valence-corrected chi connectivity index (χ2v) is 7.66. The van der Waals surface area contributed by atoms with Gasteiger partial charge >= 0.3 is 0 Å². The molecule has 3 atom stereocenters. The van der Waals surface area contributed by atoms with Gasteiger partial charge in [0.1, 0.15) is 0 Å². The number of nitrogens with zero attached hydrogens (tertiary/aromatic N) is 2. The van der Waals surface area contributed by atoms with Crippen molar-refractivity contribution in [1.82, 2.24) is 9.80 Å². The number of hydrogen-bond acceptors (Lipinski definition) is 4. The van der Waals surface area contributed by atoms with E-state index >= 15 is 0 Å². The number of carbonyl (C=O) groups is 3. The second kappa shape index (κ2) is 6.23. The summed E-state index contributed by atoms with van der Waals surface area (Å²) in [7, 11) is 0. The van der Waals surface area contributed by atoms with E-state index in [0.29, 0.717) is 13.1 Å². The molecule has 1 saturated carbocycles. The maximum Gasteiger partial charge on any atom is 0.233 e. The van der Waals surface area contributed by atoms with E-state index in [4.69, 9.17) is 5.73 Å². The number of nitrogens with two attached hydrogens (primary N) is 1. The topological polar surface area (TPSA) is 83.7 Å². The van der Waals surface area contributed by atoms with Gasteiger partial charge in [-0.25, -0.2) is 0 Å². The quantitative estimate of drug-likeness (QED) is 0.775. The van der Waals surface area contributed by atoms with Crippen molar-refractivity contribution in [3.8, 4) is 0 Å². The van der Waals surface area contributed by atoms with Crippen LogP contribution in [0.15, 0.2) is 0 Å². The van der Waals surface area contributed by atoms with Crippen molar-refractivity contribution in [2.75, 3.05) is 26.2 Å². The van der Waals surface area contributed by atoms with Gasteiger partial charge in [0.25, 0.3) is 0 Å². The minimum atomic E-state index is -0.126. The smallest absolute Gasteiger partial charge is 0.233 e. The highest BCUT2D eigenvalue weighted by Gasteiger charge is 2.48. The molecule has 1 aliphatic carbocycles. The molecule has 0 spiro atoms. The molecule has 3 amide bonds. The van der Waals surface area contributed by atoms with E-state index in [-0.39, 0.29) is 47.9 Å². The Bertz CT molecular complexity index is 497. The Balaban J connectivity index is 1.55. The molecule has 2 aliphatic heterocycles. The number of rotatable bonds is 4. The normalized spacial score (nSPS) is 34.2. The maximum absolute atomic E-state index is 12.4. The molecule has 3 unspecified atom stereocenters. The van der Waals surface area contributed by atoms with E-state index in [2.05, 4.69) is 6.92 Å². The van der Waals surface area contributed by atoms with Crippen LogP contribution in [0, 0.1) is 17.3 Å². The standard InChI is InChI=1S/C17H27N3O3/c1-17(10-18)7-9-19(11-17)14(21)6-8-20-15(22)12-4-2-3-5-13(12)16(20)23/h12-13H,2-11,18H2,1H3. The Morgan fingerprint density at radius 2 is 1.83 bits per heavy atom. The average Bonchev–Trinajstić information content (AvgIpc) is 3.07. The largest absolute Gasteiger partial charge is 0.342 e. The molecule has 0 aromatic carbocycles. The summed E-state index contributed by atoms with van der Waals surface area (Å²) in [4.78, 5) is 40.3. The molecule has 0 radical (unpaired) electrons.